The summed E-state index contributed by atoms with van der Waals surface area (Å²) in [5.74, 6) is 0.533. The van der Waals surface area contributed by atoms with Gasteiger partial charge in [0, 0.05) is 5.92 Å². The predicted octanol–water partition coefficient (Wildman–Crippen LogP) is 4.76. The molecule has 4 rings (SSSR count). The smallest absolute Gasteiger partial charge is 0.335 e. The fraction of sp³-hybridized carbons (Fsp3) is 0.577. The lowest BCUT2D eigenvalue weighted by molar-refractivity contribution is 0.0695. The second-order valence-corrected chi connectivity index (χ2v) is 9.47. The predicted molar refractivity (Wildman–Crippen MR) is 117 cm³/mol. The lowest BCUT2D eigenvalue weighted by Crippen LogP contribution is -2.20. The molecule has 162 valence electrons. The van der Waals surface area contributed by atoms with Gasteiger partial charge in [-0.05, 0) is 74.3 Å². The summed E-state index contributed by atoms with van der Waals surface area (Å²) in [5, 5.41) is 30.3. The molecule has 0 amide bonds. The monoisotopic (exact) mass is 410 g/mol. The summed E-state index contributed by atoms with van der Waals surface area (Å²) < 4.78 is 0. The molecule has 0 aromatic heterocycles. The first kappa shape index (κ1) is 21.3. The van der Waals surface area contributed by atoms with Crippen molar-refractivity contribution >= 4 is 5.97 Å². The average Bonchev–Trinajstić information content (AvgIpc) is 3.44. The van der Waals surface area contributed by atoms with Crippen molar-refractivity contribution in [1.82, 2.24) is 0 Å². The largest absolute Gasteiger partial charge is 0.478 e. The molecule has 0 bridgehead atoms. The Morgan fingerprint density at radius 3 is 2.70 bits per heavy atom. The fourth-order valence-corrected chi connectivity index (χ4v) is 5.94. The van der Waals surface area contributed by atoms with E-state index < -0.39 is 5.97 Å². The molecule has 4 nitrogen and oxygen atoms in total. The number of benzene rings is 1. The summed E-state index contributed by atoms with van der Waals surface area (Å²) in [5.41, 5.74) is 2.75. The van der Waals surface area contributed by atoms with Gasteiger partial charge in [-0.25, -0.2) is 4.79 Å². The molecule has 1 aromatic rings. The Kier molecular flexibility index (Phi) is 6.74. The summed E-state index contributed by atoms with van der Waals surface area (Å²) in [4.78, 5) is 11.4. The molecule has 4 heteroatoms. The Morgan fingerprint density at radius 1 is 1.17 bits per heavy atom. The molecule has 0 heterocycles. The minimum absolute atomic E-state index is 0.132. The van der Waals surface area contributed by atoms with Crippen molar-refractivity contribution in [2.24, 2.45) is 23.7 Å². The number of carbonyl (C=O) groups is 1. The normalized spacial score (nSPS) is 30.0. The number of aliphatic hydroxyl groups excluding tert-OH is 2. The number of carboxylic acids is 1. The van der Waals surface area contributed by atoms with E-state index in [9.17, 15) is 20.1 Å². The number of hydrogen-bond donors (Lipinski definition) is 3. The van der Waals surface area contributed by atoms with E-state index in [1.165, 1.54) is 18.4 Å². The molecule has 3 aliphatic carbocycles. The molecule has 30 heavy (non-hydrogen) atoms. The molecule has 5 atom stereocenters. The Labute approximate surface area is 179 Å². The third-order valence-electron chi connectivity index (χ3n) is 7.56. The standard InChI is InChI=1S/C26H34O4/c27-24(19-8-1-2-9-19)13-12-22-23-15-17(14-20(23)16-25(22)28)6-5-10-18-7-3-4-11-21(18)26(29)30/h3-4,7,11-14,19-20,22-25,27-28H,1-2,5-6,8-10,15-16H2,(H,29,30)/b13-12+/t20-,22-,23-,24+,25+/m0/s1. The summed E-state index contributed by atoms with van der Waals surface area (Å²) in [7, 11) is 0. The quantitative estimate of drug-likeness (QED) is 0.540. The van der Waals surface area contributed by atoms with Gasteiger partial charge in [0.25, 0.3) is 0 Å². The van der Waals surface area contributed by atoms with Crippen LogP contribution in [0.5, 0.6) is 0 Å². The number of allylic oxidation sites excluding steroid dienone is 2. The summed E-state index contributed by atoms with van der Waals surface area (Å²) in [6.07, 6.45) is 14.9. The van der Waals surface area contributed by atoms with Crippen LogP contribution in [0.3, 0.4) is 0 Å². The zero-order valence-corrected chi connectivity index (χ0v) is 17.6. The highest BCUT2D eigenvalue weighted by Gasteiger charge is 2.43. The van der Waals surface area contributed by atoms with Crippen LogP contribution in [0.25, 0.3) is 0 Å². The average molecular weight is 411 g/mol. The van der Waals surface area contributed by atoms with Gasteiger partial charge >= 0.3 is 5.97 Å². The molecular formula is C26H34O4. The number of rotatable bonds is 8. The molecule has 0 saturated heterocycles. The summed E-state index contributed by atoms with van der Waals surface area (Å²) in [6.45, 7) is 0. The topological polar surface area (TPSA) is 77.8 Å². The highest BCUT2D eigenvalue weighted by molar-refractivity contribution is 5.89. The third kappa shape index (κ3) is 4.70. The molecule has 0 radical (unpaired) electrons. The number of aliphatic hydroxyl groups is 2. The Morgan fingerprint density at radius 2 is 1.93 bits per heavy atom. The summed E-state index contributed by atoms with van der Waals surface area (Å²) in [6, 6.07) is 7.26. The van der Waals surface area contributed by atoms with Gasteiger partial charge in [0.2, 0.25) is 0 Å². The molecule has 0 spiro atoms. The van der Waals surface area contributed by atoms with E-state index in [0.717, 1.165) is 50.5 Å². The molecule has 0 aliphatic heterocycles. The van der Waals surface area contributed by atoms with Gasteiger partial charge in [-0.2, -0.15) is 0 Å². The van der Waals surface area contributed by atoms with E-state index in [2.05, 4.69) is 12.2 Å². The maximum absolute atomic E-state index is 11.4. The molecule has 1 aromatic carbocycles. The molecule has 3 N–H and O–H groups in total. The van der Waals surface area contributed by atoms with Gasteiger partial charge in [-0.15, -0.1) is 0 Å². The Hall–Kier alpha value is -1.91. The van der Waals surface area contributed by atoms with Gasteiger partial charge in [0.1, 0.15) is 0 Å². The van der Waals surface area contributed by atoms with E-state index in [-0.39, 0.29) is 18.1 Å². The van der Waals surface area contributed by atoms with Crippen molar-refractivity contribution in [3.63, 3.8) is 0 Å². The van der Waals surface area contributed by atoms with Gasteiger partial charge < -0.3 is 15.3 Å². The fourth-order valence-electron chi connectivity index (χ4n) is 5.94. The Balaban J connectivity index is 1.30. The lowest BCUT2D eigenvalue weighted by atomic mass is 9.87. The van der Waals surface area contributed by atoms with Gasteiger partial charge in [0.15, 0.2) is 0 Å². The van der Waals surface area contributed by atoms with Crippen LogP contribution in [0.15, 0.2) is 48.1 Å². The van der Waals surface area contributed by atoms with Crippen LogP contribution in [0.2, 0.25) is 0 Å². The zero-order chi connectivity index (χ0) is 21.1. The number of fused-ring (bicyclic) bond motifs is 1. The first-order valence-electron chi connectivity index (χ1n) is 11.6. The number of aryl methyl sites for hydroxylation is 1. The molecule has 2 saturated carbocycles. The van der Waals surface area contributed by atoms with E-state index in [0.29, 0.717) is 23.3 Å². The van der Waals surface area contributed by atoms with Gasteiger partial charge in [0.05, 0.1) is 17.8 Å². The van der Waals surface area contributed by atoms with E-state index in [1.54, 1.807) is 12.1 Å². The molecule has 2 fully saturated rings. The van der Waals surface area contributed by atoms with Gasteiger partial charge in [-0.3, -0.25) is 0 Å². The number of carboxylic acid groups (broad SMARTS) is 1. The Bertz CT molecular complexity index is 805. The maximum atomic E-state index is 11.4. The minimum atomic E-state index is -0.858. The molecule has 0 unspecified atom stereocenters. The highest BCUT2D eigenvalue weighted by atomic mass is 16.4. The minimum Gasteiger partial charge on any atom is -0.478 e. The van der Waals surface area contributed by atoms with Crippen LogP contribution in [-0.4, -0.2) is 33.5 Å². The summed E-state index contributed by atoms with van der Waals surface area (Å²) >= 11 is 0. The number of aromatic carboxylic acids is 1. The van der Waals surface area contributed by atoms with Crippen LogP contribution in [-0.2, 0) is 6.42 Å². The van der Waals surface area contributed by atoms with Crippen molar-refractivity contribution in [2.75, 3.05) is 0 Å². The molecular weight excluding hydrogens is 376 g/mol. The third-order valence-corrected chi connectivity index (χ3v) is 7.56. The SMILES string of the molecule is O=C(O)c1ccccc1CCCC1=C[C@H]2C[C@@H](O)[C@@H](/C=C/[C@@H](O)C3CCCC3)[C@H]2C1. The van der Waals surface area contributed by atoms with E-state index in [1.807, 2.05) is 18.2 Å². The first-order chi connectivity index (χ1) is 14.5. The lowest BCUT2D eigenvalue weighted by Gasteiger charge is -2.20. The van der Waals surface area contributed by atoms with E-state index >= 15 is 0 Å². The second-order valence-electron chi connectivity index (χ2n) is 9.47. The van der Waals surface area contributed by atoms with Crippen LogP contribution in [0.1, 0.15) is 67.3 Å². The van der Waals surface area contributed by atoms with Crippen LogP contribution in [0, 0.1) is 23.7 Å². The van der Waals surface area contributed by atoms with Crippen LogP contribution < -0.4 is 0 Å². The molecule has 3 aliphatic rings. The van der Waals surface area contributed by atoms with Crippen molar-refractivity contribution in [1.29, 1.82) is 0 Å². The zero-order valence-electron chi connectivity index (χ0n) is 17.6. The number of hydrogen-bond acceptors (Lipinski definition) is 3. The van der Waals surface area contributed by atoms with Crippen molar-refractivity contribution in [3.8, 4) is 0 Å². The van der Waals surface area contributed by atoms with Crippen LogP contribution >= 0.6 is 0 Å². The van der Waals surface area contributed by atoms with Crippen molar-refractivity contribution in [3.05, 3.63) is 59.2 Å². The van der Waals surface area contributed by atoms with E-state index in [4.69, 9.17) is 0 Å². The maximum Gasteiger partial charge on any atom is 0.335 e. The second kappa shape index (κ2) is 9.49. The van der Waals surface area contributed by atoms with Crippen molar-refractivity contribution < 1.29 is 20.1 Å². The van der Waals surface area contributed by atoms with Gasteiger partial charge in [-0.1, -0.05) is 54.8 Å². The first-order valence-corrected chi connectivity index (χ1v) is 11.6. The highest BCUT2D eigenvalue weighted by Crippen LogP contribution is 2.48. The van der Waals surface area contributed by atoms with Crippen molar-refractivity contribution in [2.45, 2.75) is 70.0 Å². The van der Waals surface area contributed by atoms with Crippen LogP contribution in [0.4, 0.5) is 0 Å².